The van der Waals surface area contributed by atoms with E-state index in [4.69, 9.17) is 0 Å². The SMILES string of the molecule is CC(C)(C)C1CCC(C#N)C(N2CCNC(=O)C2(C)C)C1. The third kappa shape index (κ3) is 3.08. The maximum atomic E-state index is 12.2. The zero-order valence-electron chi connectivity index (χ0n) is 14.1. The topological polar surface area (TPSA) is 56.1 Å². The van der Waals surface area contributed by atoms with Gasteiger partial charge in [-0.1, -0.05) is 20.8 Å². The molecule has 0 aromatic carbocycles. The van der Waals surface area contributed by atoms with Crippen LogP contribution in [0.5, 0.6) is 0 Å². The summed E-state index contributed by atoms with van der Waals surface area (Å²) in [6.07, 6.45) is 3.11. The van der Waals surface area contributed by atoms with Crippen LogP contribution in [-0.2, 0) is 4.79 Å². The van der Waals surface area contributed by atoms with Gasteiger partial charge >= 0.3 is 0 Å². The molecule has 4 nitrogen and oxygen atoms in total. The number of rotatable bonds is 1. The molecule has 2 rings (SSSR count). The zero-order chi connectivity index (χ0) is 15.8. The van der Waals surface area contributed by atoms with Crippen molar-refractivity contribution in [2.75, 3.05) is 13.1 Å². The molecule has 1 heterocycles. The third-order valence-corrected chi connectivity index (χ3v) is 5.52. The van der Waals surface area contributed by atoms with E-state index in [1.54, 1.807) is 0 Å². The highest BCUT2D eigenvalue weighted by molar-refractivity contribution is 5.86. The largest absolute Gasteiger partial charge is 0.353 e. The summed E-state index contributed by atoms with van der Waals surface area (Å²) in [7, 11) is 0. The Morgan fingerprint density at radius 3 is 2.57 bits per heavy atom. The van der Waals surface area contributed by atoms with Gasteiger partial charge in [-0.2, -0.15) is 5.26 Å². The van der Waals surface area contributed by atoms with Crippen LogP contribution in [-0.4, -0.2) is 35.5 Å². The zero-order valence-corrected chi connectivity index (χ0v) is 14.1. The van der Waals surface area contributed by atoms with Crippen LogP contribution in [0.3, 0.4) is 0 Å². The van der Waals surface area contributed by atoms with E-state index < -0.39 is 5.54 Å². The quantitative estimate of drug-likeness (QED) is 0.808. The summed E-state index contributed by atoms with van der Waals surface area (Å²) in [5.74, 6) is 0.755. The van der Waals surface area contributed by atoms with Crippen LogP contribution in [0.4, 0.5) is 0 Å². The van der Waals surface area contributed by atoms with Crippen molar-refractivity contribution in [1.29, 1.82) is 5.26 Å². The van der Waals surface area contributed by atoms with Crippen molar-refractivity contribution in [1.82, 2.24) is 10.2 Å². The van der Waals surface area contributed by atoms with Crippen molar-refractivity contribution in [2.45, 2.75) is 65.5 Å². The standard InChI is InChI=1S/C17H29N3O/c1-16(2,3)13-7-6-12(11-18)14(10-13)20-9-8-19-15(21)17(20,4)5/h12-14H,6-10H2,1-5H3,(H,19,21). The van der Waals surface area contributed by atoms with Crippen LogP contribution >= 0.6 is 0 Å². The van der Waals surface area contributed by atoms with E-state index in [1.165, 1.54) is 0 Å². The lowest BCUT2D eigenvalue weighted by molar-refractivity contribution is -0.139. The Labute approximate surface area is 128 Å². The molecule has 1 saturated carbocycles. The molecule has 21 heavy (non-hydrogen) atoms. The van der Waals surface area contributed by atoms with Crippen LogP contribution in [0.15, 0.2) is 0 Å². The molecule has 118 valence electrons. The summed E-state index contributed by atoms with van der Waals surface area (Å²) in [6, 6.07) is 2.71. The maximum Gasteiger partial charge on any atom is 0.240 e. The van der Waals surface area contributed by atoms with Gasteiger partial charge in [0, 0.05) is 19.1 Å². The summed E-state index contributed by atoms with van der Waals surface area (Å²) in [5, 5.41) is 12.5. The van der Waals surface area contributed by atoms with Crippen molar-refractivity contribution >= 4 is 5.91 Å². The van der Waals surface area contributed by atoms with Gasteiger partial charge in [0.25, 0.3) is 0 Å². The highest BCUT2D eigenvalue weighted by atomic mass is 16.2. The minimum absolute atomic E-state index is 0.0498. The van der Waals surface area contributed by atoms with E-state index in [9.17, 15) is 10.1 Å². The molecule has 4 heteroatoms. The van der Waals surface area contributed by atoms with E-state index >= 15 is 0 Å². The van der Waals surface area contributed by atoms with Crippen LogP contribution < -0.4 is 5.32 Å². The molecule has 1 amide bonds. The Balaban J connectivity index is 2.25. The van der Waals surface area contributed by atoms with Gasteiger partial charge in [-0.05, 0) is 44.4 Å². The molecule has 1 aliphatic heterocycles. The first-order valence-electron chi connectivity index (χ1n) is 8.12. The lowest BCUT2D eigenvalue weighted by Crippen LogP contribution is -2.66. The second kappa shape index (κ2) is 5.61. The molecule has 0 aromatic rings. The van der Waals surface area contributed by atoms with Crippen LogP contribution in [0.25, 0.3) is 0 Å². The highest BCUT2D eigenvalue weighted by Gasteiger charge is 2.46. The summed E-state index contributed by atoms with van der Waals surface area (Å²) >= 11 is 0. The van der Waals surface area contributed by atoms with E-state index in [0.717, 1.165) is 25.8 Å². The van der Waals surface area contributed by atoms with E-state index in [1.807, 2.05) is 13.8 Å². The van der Waals surface area contributed by atoms with Gasteiger partial charge in [0.15, 0.2) is 0 Å². The number of hydrogen-bond donors (Lipinski definition) is 1. The fourth-order valence-corrected chi connectivity index (χ4v) is 3.92. The molecular weight excluding hydrogens is 262 g/mol. The molecule has 0 bridgehead atoms. The Hall–Kier alpha value is -1.08. The monoisotopic (exact) mass is 291 g/mol. The minimum atomic E-state index is -0.516. The van der Waals surface area contributed by atoms with Gasteiger partial charge in [-0.15, -0.1) is 0 Å². The number of nitriles is 1. The van der Waals surface area contributed by atoms with Gasteiger partial charge in [-0.25, -0.2) is 0 Å². The second-order valence-corrected chi connectivity index (χ2v) is 8.19. The van der Waals surface area contributed by atoms with Crippen LogP contribution in [0.1, 0.15) is 53.9 Å². The number of carbonyl (C=O) groups is 1. The van der Waals surface area contributed by atoms with E-state index in [-0.39, 0.29) is 23.3 Å². The number of amides is 1. The summed E-state index contributed by atoms with van der Waals surface area (Å²) < 4.78 is 0. The summed E-state index contributed by atoms with van der Waals surface area (Å²) in [5.41, 5.74) is -0.251. The van der Waals surface area contributed by atoms with Crippen molar-refractivity contribution < 1.29 is 4.79 Å². The Morgan fingerprint density at radius 1 is 1.33 bits per heavy atom. The predicted molar refractivity (Wildman–Crippen MR) is 83.5 cm³/mol. The Morgan fingerprint density at radius 2 is 2.00 bits per heavy atom. The van der Waals surface area contributed by atoms with Crippen molar-refractivity contribution in [3.8, 4) is 6.07 Å². The number of nitrogens with one attached hydrogen (secondary N) is 1. The molecule has 2 fully saturated rings. The first kappa shape index (κ1) is 16.3. The predicted octanol–water partition coefficient (Wildman–Crippen LogP) is 2.55. The molecular formula is C17H29N3O. The average molecular weight is 291 g/mol. The fraction of sp³-hybridized carbons (Fsp3) is 0.882. The van der Waals surface area contributed by atoms with E-state index in [2.05, 4.69) is 37.1 Å². The number of hydrogen-bond acceptors (Lipinski definition) is 3. The first-order valence-corrected chi connectivity index (χ1v) is 8.12. The lowest BCUT2D eigenvalue weighted by atomic mass is 9.67. The van der Waals surface area contributed by atoms with Gasteiger partial charge in [0.05, 0.1) is 17.5 Å². The molecule has 0 aromatic heterocycles. The van der Waals surface area contributed by atoms with Gasteiger partial charge in [0.2, 0.25) is 5.91 Å². The smallest absolute Gasteiger partial charge is 0.240 e. The van der Waals surface area contributed by atoms with Crippen molar-refractivity contribution in [3.05, 3.63) is 0 Å². The van der Waals surface area contributed by atoms with Gasteiger partial charge in [0.1, 0.15) is 0 Å². The summed E-state index contributed by atoms with van der Waals surface area (Å²) in [4.78, 5) is 14.5. The molecule has 3 atom stereocenters. The molecule has 0 radical (unpaired) electrons. The lowest BCUT2D eigenvalue weighted by Gasteiger charge is -2.51. The Bertz CT molecular complexity index is 444. The van der Waals surface area contributed by atoms with Gasteiger partial charge < -0.3 is 5.32 Å². The molecule has 1 saturated heterocycles. The molecule has 3 unspecified atom stereocenters. The molecule has 1 N–H and O–H groups in total. The number of piperazine rings is 1. The van der Waals surface area contributed by atoms with Gasteiger partial charge in [-0.3, -0.25) is 9.69 Å². The Kier molecular flexibility index (Phi) is 4.35. The summed E-state index contributed by atoms with van der Waals surface area (Å²) in [6.45, 7) is 12.4. The molecule has 2 aliphatic rings. The third-order valence-electron chi connectivity index (χ3n) is 5.52. The normalized spacial score (nSPS) is 34.1. The minimum Gasteiger partial charge on any atom is -0.353 e. The fourth-order valence-electron chi connectivity index (χ4n) is 3.92. The highest BCUT2D eigenvalue weighted by Crippen LogP contribution is 2.43. The number of carbonyl (C=O) groups excluding carboxylic acids is 1. The molecule has 0 spiro atoms. The van der Waals surface area contributed by atoms with Crippen molar-refractivity contribution in [3.63, 3.8) is 0 Å². The first-order chi connectivity index (χ1) is 9.67. The average Bonchev–Trinajstić information content (AvgIpc) is 2.40. The van der Waals surface area contributed by atoms with Crippen LogP contribution in [0.2, 0.25) is 0 Å². The van der Waals surface area contributed by atoms with Crippen molar-refractivity contribution in [2.24, 2.45) is 17.3 Å². The number of nitrogens with zero attached hydrogens (tertiary/aromatic N) is 2. The van der Waals surface area contributed by atoms with Crippen LogP contribution in [0, 0.1) is 28.6 Å². The maximum absolute atomic E-state index is 12.2. The molecule has 1 aliphatic carbocycles. The van der Waals surface area contributed by atoms with E-state index in [0.29, 0.717) is 12.5 Å². The second-order valence-electron chi connectivity index (χ2n) is 8.19.